The van der Waals surface area contributed by atoms with E-state index >= 15 is 0 Å². The van der Waals surface area contributed by atoms with Gasteiger partial charge in [0.1, 0.15) is 12.4 Å². The average molecular weight is 318 g/mol. The molecule has 19 heavy (non-hydrogen) atoms. The molecule has 0 aliphatic heterocycles. The van der Waals surface area contributed by atoms with Crippen molar-refractivity contribution in [2.24, 2.45) is 5.11 Å². The Balaban J connectivity index is 2.13. The quantitative estimate of drug-likeness (QED) is 0.442. The molecule has 0 aliphatic rings. The molecule has 4 nitrogen and oxygen atoms in total. The van der Waals surface area contributed by atoms with Crippen LogP contribution in [0.25, 0.3) is 10.4 Å². The standard InChI is InChI=1S/C14H12BrN3O/c15-13-6-7-14(12(8-13)9-17-18-16)19-10-11-4-2-1-3-5-11/h1-8H,9-10H2. The smallest absolute Gasteiger partial charge is 0.123 e. The number of hydrogen-bond donors (Lipinski definition) is 0. The third-order valence-electron chi connectivity index (χ3n) is 2.56. The summed E-state index contributed by atoms with van der Waals surface area (Å²) in [5.74, 6) is 0.736. The van der Waals surface area contributed by atoms with Crippen LogP contribution in [0.1, 0.15) is 11.1 Å². The van der Waals surface area contributed by atoms with E-state index in [1.54, 1.807) is 0 Å². The molecule has 0 saturated heterocycles. The maximum atomic E-state index is 8.40. The highest BCUT2D eigenvalue weighted by Crippen LogP contribution is 2.25. The van der Waals surface area contributed by atoms with Gasteiger partial charge in [-0.2, -0.15) is 0 Å². The molecule has 0 aromatic heterocycles. The van der Waals surface area contributed by atoms with E-state index in [0.717, 1.165) is 21.3 Å². The number of halogens is 1. The average Bonchev–Trinajstić information content (AvgIpc) is 2.45. The van der Waals surface area contributed by atoms with Crippen LogP contribution in [0.5, 0.6) is 5.75 Å². The van der Waals surface area contributed by atoms with Crippen molar-refractivity contribution in [3.63, 3.8) is 0 Å². The van der Waals surface area contributed by atoms with E-state index in [9.17, 15) is 0 Å². The summed E-state index contributed by atoms with van der Waals surface area (Å²) in [5.41, 5.74) is 10.4. The van der Waals surface area contributed by atoms with Crippen LogP contribution in [-0.2, 0) is 13.2 Å². The second kappa shape index (κ2) is 6.83. The predicted molar refractivity (Wildman–Crippen MR) is 77.8 cm³/mol. The zero-order valence-corrected chi connectivity index (χ0v) is 11.7. The van der Waals surface area contributed by atoms with Crippen LogP contribution in [0.3, 0.4) is 0 Å². The van der Waals surface area contributed by atoms with Crippen LogP contribution in [0.15, 0.2) is 58.1 Å². The molecule has 0 spiro atoms. The molecule has 2 rings (SSSR count). The molecule has 96 valence electrons. The van der Waals surface area contributed by atoms with Crippen LogP contribution in [0, 0.1) is 0 Å². The van der Waals surface area contributed by atoms with Crippen LogP contribution in [-0.4, -0.2) is 0 Å². The minimum atomic E-state index is 0.278. The van der Waals surface area contributed by atoms with Crippen molar-refractivity contribution < 1.29 is 4.74 Å². The predicted octanol–water partition coefficient (Wildman–Crippen LogP) is 4.84. The molecule has 0 saturated carbocycles. The Kier molecular flexibility index (Phi) is 4.84. The van der Waals surface area contributed by atoms with Crippen molar-refractivity contribution in [1.29, 1.82) is 0 Å². The van der Waals surface area contributed by atoms with Gasteiger partial charge in [-0.3, -0.25) is 0 Å². The van der Waals surface area contributed by atoms with Crippen molar-refractivity contribution in [2.45, 2.75) is 13.2 Å². The fourth-order valence-electron chi connectivity index (χ4n) is 1.66. The van der Waals surface area contributed by atoms with E-state index in [1.807, 2.05) is 48.5 Å². The summed E-state index contributed by atoms with van der Waals surface area (Å²) in [4.78, 5) is 2.77. The minimum Gasteiger partial charge on any atom is -0.489 e. The lowest BCUT2D eigenvalue weighted by Gasteiger charge is -2.10. The molecule has 0 heterocycles. The summed E-state index contributed by atoms with van der Waals surface area (Å²) in [6.07, 6.45) is 0. The van der Waals surface area contributed by atoms with E-state index in [1.165, 1.54) is 0 Å². The highest BCUT2D eigenvalue weighted by Gasteiger charge is 2.04. The van der Waals surface area contributed by atoms with Crippen molar-refractivity contribution in [3.8, 4) is 5.75 Å². The first kappa shape index (κ1) is 13.5. The summed E-state index contributed by atoms with van der Waals surface area (Å²) in [6, 6.07) is 15.6. The Bertz CT molecular complexity index is 595. The summed E-state index contributed by atoms with van der Waals surface area (Å²) < 4.78 is 6.70. The molecule has 0 fully saturated rings. The Morgan fingerprint density at radius 3 is 2.68 bits per heavy atom. The number of nitrogens with zero attached hydrogens (tertiary/aromatic N) is 3. The van der Waals surface area contributed by atoms with Gasteiger partial charge in [0.05, 0.1) is 6.54 Å². The van der Waals surface area contributed by atoms with Gasteiger partial charge in [-0.05, 0) is 29.3 Å². The van der Waals surface area contributed by atoms with E-state index < -0.39 is 0 Å². The molecule has 0 aliphatic carbocycles. The van der Waals surface area contributed by atoms with E-state index in [-0.39, 0.29) is 6.54 Å². The lowest BCUT2D eigenvalue weighted by molar-refractivity contribution is 0.303. The van der Waals surface area contributed by atoms with Crippen LogP contribution >= 0.6 is 15.9 Å². The molecular formula is C14H12BrN3O. The Morgan fingerprint density at radius 2 is 1.95 bits per heavy atom. The zero-order chi connectivity index (χ0) is 13.5. The SMILES string of the molecule is [N-]=[N+]=NCc1cc(Br)ccc1OCc1ccccc1. The number of hydrogen-bond acceptors (Lipinski definition) is 2. The number of benzene rings is 2. The van der Waals surface area contributed by atoms with Gasteiger partial charge in [0.2, 0.25) is 0 Å². The molecule has 0 N–H and O–H groups in total. The summed E-state index contributed by atoms with van der Waals surface area (Å²) in [6.45, 7) is 0.770. The van der Waals surface area contributed by atoms with Crippen molar-refractivity contribution >= 4 is 15.9 Å². The largest absolute Gasteiger partial charge is 0.489 e. The molecule has 0 bridgehead atoms. The van der Waals surface area contributed by atoms with Crippen molar-refractivity contribution in [1.82, 2.24) is 0 Å². The highest BCUT2D eigenvalue weighted by molar-refractivity contribution is 9.10. The summed E-state index contributed by atoms with van der Waals surface area (Å²) >= 11 is 3.39. The van der Waals surface area contributed by atoms with Gasteiger partial charge < -0.3 is 4.74 Å². The first-order valence-electron chi connectivity index (χ1n) is 5.75. The first-order chi connectivity index (χ1) is 9.29. The molecule has 2 aromatic carbocycles. The van der Waals surface area contributed by atoms with Crippen LogP contribution in [0.4, 0.5) is 0 Å². The third-order valence-corrected chi connectivity index (χ3v) is 3.06. The zero-order valence-electron chi connectivity index (χ0n) is 10.2. The molecule has 0 amide bonds. The van der Waals surface area contributed by atoms with Crippen LogP contribution < -0.4 is 4.74 Å². The maximum Gasteiger partial charge on any atom is 0.123 e. The number of azide groups is 1. The second-order valence-electron chi connectivity index (χ2n) is 3.92. The van der Waals surface area contributed by atoms with E-state index in [2.05, 4.69) is 26.0 Å². The van der Waals surface area contributed by atoms with Crippen molar-refractivity contribution in [2.75, 3.05) is 0 Å². The second-order valence-corrected chi connectivity index (χ2v) is 4.83. The fraction of sp³-hybridized carbons (Fsp3) is 0.143. The Labute approximate surface area is 119 Å². The van der Waals surface area contributed by atoms with Gasteiger partial charge in [-0.1, -0.05) is 51.4 Å². The number of rotatable bonds is 5. The molecule has 0 atom stereocenters. The monoisotopic (exact) mass is 317 g/mol. The molecule has 0 unspecified atom stereocenters. The summed E-state index contributed by atoms with van der Waals surface area (Å²) in [5, 5.41) is 3.58. The van der Waals surface area contributed by atoms with E-state index in [4.69, 9.17) is 10.3 Å². The molecule has 2 aromatic rings. The van der Waals surface area contributed by atoms with Gasteiger partial charge in [0.15, 0.2) is 0 Å². The fourth-order valence-corrected chi connectivity index (χ4v) is 2.06. The minimum absolute atomic E-state index is 0.278. The van der Waals surface area contributed by atoms with Gasteiger partial charge in [-0.25, -0.2) is 0 Å². The molecular weight excluding hydrogens is 306 g/mol. The molecule has 0 radical (unpaired) electrons. The lowest BCUT2D eigenvalue weighted by atomic mass is 10.2. The third kappa shape index (κ3) is 4.02. The van der Waals surface area contributed by atoms with Crippen molar-refractivity contribution in [3.05, 3.63) is 74.6 Å². The Morgan fingerprint density at radius 1 is 1.16 bits per heavy atom. The van der Waals surface area contributed by atoms with Gasteiger partial charge in [0.25, 0.3) is 0 Å². The van der Waals surface area contributed by atoms with Gasteiger partial charge in [-0.15, -0.1) is 0 Å². The maximum absolute atomic E-state index is 8.40. The molecule has 5 heteroatoms. The topological polar surface area (TPSA) is 58.0 Å². The summed E-state index contributed by atoms with van der Waals surface area (Å²) in [7, 11) is 0. The Hall–Kier alpha value is -1.97. The van der Waals surface area contributed by atoms with Gasteiger partial charge >= 0.3 is 0 Å². The van der Waals surface area contributed by atoms with Gasteiger partial charge in [0, 0.05) is 14.9 Å². The normalized spacial score (nSPS) is 9.74. The highest BCUT2D eigenvalue weighted by atomic mass is 79.9. The van der Waals surface area contributed by atoms with Crippen LogP contribution in [0.2, 0.25) is 0 Å². The first-order valence-corrected chi connectivity index (χ1v) is 6.55. The lowest BCUT2D eigenvalue weighted by Crippen LogP contribution is -1.98. The number of ether oxygens (including phenoxy) is 1. The van der Waals surface area contributed by atoms with E-state index in [0.29, 0.717) is 6.61 Å².